The fourth-order valence-corrected chi connectivity index (χ4v) is 6.87. The highest BCUT2D eigenvalue weighted by molar-refractivity contribution is 6.22. The van der Waals surface area contributed by atoms with Crippen LogP contribution in [0.3, 0.4) is 0 Å². The molecule has 0 bridgehead atoms. The zero-order chi connectivity index (χ0) is 25.6. The molecule has 2 N–H and O–H groups in total. The second kappa shape index (κ2) is 9.46. The van der Waals surface area contributed by atoms with Gasteiger partial charge in [0.05, 0.1) is 22.4 Å². The first kappa shape index (κ1) is 24.7. The Bertz CT molecular complexity index is 1080. The summed E-state index contributed by atoms with van der Waals surface area (Å²) in [7, 11) is 0. The molecule has 1 aromatic carbocycles. The molecule has 194 valence electrons. The fourth-order valence-electron chi connectivity index (χ4n) is 6.87. The van der Waals surface area contributed by atoms with Crippen LogP contribution in [0.15, 0.2) is 18.2 Å². The van der Waals surface area contributed by atoms with E-state index in [0.717, 1.165) is 43.7 Å². The van der Waals surface area contributed by atoms with Gasteiger partial charge in [-0.15, -0.1) is 0 Å². The lowest BCUT2D eigenvalue weighted by Gasteiger charge is -2.48. The summed E-state index contributed by atoms with van der Waals surface area (Å²) in [6.07, 6.45) is 6.51. The van der Waals surface area contributed by atoms with E-state index >= 15 is 0 Å². The quantitative estimate of drug-likeness (QED) is 0.376. The number of nitro groups is 1. The molecule has 4 aliphatic rings. The third-order valence-corrected chi connectivity index (χ3v) is 8.95. The van der Waals surface area contributed by atoms with Crippen LogP contribution in [0.25, 0.3) is 0 Å². The van der Waals surface area contributed by atoms with Crippen molar-refractivity contribution in [2.45, 2.75) is 63.8 Å². The molecule has 0 spiro atoms. The van der Waals surface area contributed by atoms with E-state index in [1.165, 1.54) is 6.07 Å². The van der Waals surface area contributed by atoms with Crippen LogP contribution in [0.4, 0.5) is 17.1 Å². The zero-order valence-corrected chi connectivity index (χ0v) is 20.9. The third-order valence-electron chi connectivity index (χ3n) is 8.95. The number of likely N-dealkylation sites (tertiary alicyclic amines) is 1. The lowest BCUT2D eigenvalue weighted by atomic mass is 9.76. The van der Waals surface area contributed by atoms with Gasteiger partial charge in [0.15, 0.2) is 0 Å². The average molecular weight is 498 g/mol. The molecule has 0 unspecified atom stereocenters. The first-order valence-corrected chi connectivity index (χ1v) is 13.2. The molecule has 10 heteroatoms. The van der Waals surface area contributed by atoms with Crippen molar-refractivity contribution in [1.29, 1.82) is 0 Å². The third kappa shape index (κ3) is 4.05. The van der Waals surface area contributed by atoms with Gasteiger partial charge in [-0.25, -0.2) is 4.90 Å². The average Bonchev–Trinajstić information content (AvgIpc) is 3.13. The van der Waals surface area contributed by atoms with Crippen LogP contribution in [-0.2, 0) is 14.4 Å². The monoisotopic (exact) mass is 497 g/mol. The number of nitro benzene ring substituents is 1. The van der Waals surface area contributed by atoms with E-state index in [1.54, 1.807) is 12.1 Å². The number of rotatable bonds is 5. The number of piperidine rings is 2. The second-order valence-corrected chi connectivity index (χ2v) is 11.0. The molecule has 3 atom stereocenters. The van der Waals surface area contributed by atoms with Gasteiger partial charge in [-0.2, -0.15) is 0 Å². The van der Waals surface area contributed by atoms with E-state index in [4.69, 9.17) is 5.73 Å². The Kier molecular flexibility index (Phi) is 6.48. The van der Waals surface area contributed by atoms with E-state index in [-0.39, 0.29) is 40.9 Å². The van der Waals surface area contributed by atoms with Crippen molar-refractivity contribution in [3.63, 3.8) is 0 Å². The highest BCUT2D eigenvalue weighted by Gasteiger charge is 2.50. The SMILES string of the molecule is C[C@@H]1CC[C@H]2C(=O)N(c3ccc(N4CCC(C(N)=O)(N5CCCCC5)CC4)c([N+](=O)[O-])c3)C(=O)[C@H]2C1. The molecule has 4 fully saturated rings. The lowest BCUT2D eigenvalue weighted by Crippen LogP contribution is -2.63. The molecule has 36 heavy (non-hydrogen) atoms. The minimum absolute atomic E-state index is 0.138. The summed E-state index contributed by atoms with van der Waals surface area (Å²) in [5.74, 6) is -1.09. The van der Waals surface area contributed by atoms with E-state index in [1.807, 2.05) is 4.90 Å². The van der Waals surface area contributed by atoms with Gasteiger partial charge in [0.1, 0.15) is 11.2 Å². The number of nitrogens with two attached hydrogens (primary N) is 1. The number of hydrogen-bond donors (Lipinski definition) is 1. The van der Waals surface area contributed by atoms with Crippen molar-refractivity contribution in [3.05, 3.63) is 28.3 Å². The van der Waals surface area contributed by atoms with Crippen molar-refractivity contribution in [2.75, 3.05) is 36.0 Å². The molecule has 3 saturated heterocycles. The summed E-state index contributed by atoms with van der Waals surface area (Å²) in [5, 5.41) is 12.1. The maximum absolute atomic E-state index is 13.1. The summed E-state index contributed by atoms with van der Waals surface area (Å²) in [4.78, 5) is 55.7. The number of fused-ring (bicyclic) bond motifs is 1. The maximum atomic E-state index is 13.1. The van der Waals surface area contributed by atoms with Crippen LogP contribution in [-0.4, -0.2) is 59.3 Å². The van der Waals surface area contributed by atoms with E-state index < -0.39 is 10.5 Å². The van der Waals surface area contributed by atoms with Crippen molar-refractivity contribution in [1.82, 2.24) is 4.90 Å². The fraction of sp³-hybridized carbons (Fsp3) is 0.654. The molecule has 0 aromatic heterocycles. The predicted octanol–water partition coefficient (Wildman–Crippen LogP) is 2.83. The summed E-state index contributed by atoms with van der Waals surface area (Å²) in [6.45, 7) is 4.70. The highest BCUT2D eigenvalue weighted by atomic mass is 16.6. The van der Waals surface area contributed by atoms with E-state index in [0.29, 0.717) is 50.4 Å². The first-order valence-electron chi connectivity index (χ1n) is 13.2. The minimum atomic E-state index is -0.715. The number of nitrogens with zero attached hydrogens (tertiary/aromatic N) is 4. The number of carbonyl (C=O) groups is 3. The number of amides is 3. The molecule has 3 aliphatic heterocycles. The zero-order valence-electron chi connectivity index (χ0n) is 20.9. The van der Waals surface area contributed by atoms with Crippen molar-refractivity contribution in [3.8, 4) is 0 Å². The van der Waals surface area contributed by atoms with Gasteiger partial charge in [0.25, 0.3) is 5.69 Å². The van der Waals surface area contributed by atoms with Crippen LogP contribution >= 0.6 is 0 Å². The molecule has 10 nitrogen and oxygen atoms in total. The summed E-state index contributed by atoms with van der Waals surface area (Å²) >= 11 is 0. The standard InChI is InChI=1S/C26H35N5O5/c1-17-5-7-19-20(15-17)24(33)30(23(19)32)18-6-8-21(22(16-18)31(35)36)28-13-9-26(10-14-28,25(27)34)29-11-3-2-4-12-29/h6,8,16-17,19-20H,2-5,7,9-15H2,1H3,(H2,27,34)/t17-,19-,20+/m1/s1. The molecular formula is C26H35N5O5. The molecule has 1 aliphatic carbocycles. The Morgan fingerprint density at radius 2 is 1.69 bits per heavy atom. The van der Waals surface area contributed by atoms with Gasteiger partial charge in [0, 0.05) is 19.2 Å². The van der Waals surface area contributed by atoms with E-state index in [9.17, 15) is 24.5 Å². The van der Waals surface area contributed by atoms with Crippen LogP contribution in [0, 0.1) is 27.9 Å². The number of imide groups is 1. The lowest BCUT2D eigenvalue weighted by molar-refractivity contribution is -0.384. The molecular weight excluding hydrogens is 462 g/mol. The van der Waals surface area contributed by atoms with Crippen LogP contribution in [0.1, 0.15) is 58.3 Å². The van der Waals surface area contributed by atoms with Crippen molar-refractivity contribution in [2.24, 2.45) is 23.5 Å². The van der Waals surface area contributed by atoms with Crippen LogP contribution in [0.5, 0.6) is 0 Å². The Labute approximate surface area is 210 Å². The summed E-state index contributed by atoms with van der Waals surface area (Å²) < 4.78 is 0. The first-order chi connectivity index (χ1) is 17.2. The predicted molar refractivity (Wildman–Crippen MR) is 134 cm³/mol. The summed E-state index contributed by atoms with van der Waals surface area (Å²) in [5.41, 5.74) is 5.74. The molecule has 1 saturated carbocycles. The molecule has 3 heterocycles. The number of primary amides is 1. The van der Waals surface area contributed by atoms with Crippen molar-refractivity contribution < 1.29 is 19.3 Å². The maximum Gasteiger partial charge on any atom is 0.294 e. The van der Waals surface area contributed by atoms with Crippen LogP contribution < -0.4 is 15.5 Å². The molecule has 5 rings (SSSR count). The largest absolute Gasteiger partial charge is 0.368 e. The van der Waals surface area contributed by atoms with Gasteiger partial charge < -0.3 is 10.6 Å². The number of carbonyl (C=O) groups excluding carboxylic acids is 3. The van der Waals surface area contributed by atoms with Gasteiger partial charge in [-0.3, -0.25) is 29.4 Å². The Balaban J connectivity index is 1.38. The normalized spacial score (nSPS) is 28.8. The van der Waals surface area contributed by atoms with Gasteiger partial charge >= 0.3 is 0 Å². The number of anilines is 2. The smallest absolute Gasteiger partial charge is 0.294 e. The molecule has 1 aromatic rings. The summed E-state index contributed by atoms with van der Waals surface area (Å²) in [6, 6.07) is 4.63. The number of hydrogen-bond acceptors (Lipinski definition) is 7. The second-order valence-electron chi connectivity index (χ2n) is 11.0. The molecule has 3 amide bonds. The Hall–Kier alpha value is -3.01. The topological polar surface area (TPSA) is 130 Å². The minimum Gasteiger partial charge on any atom is -0.368 e. The van der Waals surface area contributed by atoms with Crippen LogP contribution in [0.2, 0.25) is 0 Å². The highest BCUT2D eigenvalue weighted by Crippen LogP contribution is 2.44. The number of benzene rings is 1. The Morgan fingerprint density at radius 3 is 2.33 bits per heavy atom. The Morgan fingerprint density at radius 1 is 1.03 bits per heavy atom. The van der Waals surface area contributed by atoms with Gasteiger partial charge in [-0.05, 0) is 76.1 Å². The van der Waals surface area contributed by atoms with Gasteiger partial charge in [0.2, 0.25) is 17.7 Å². The van der Waals surface area contributed by atoms with Gasteiger partial charge in [-0.1, -0.05) is 13.3 Å². The van der Waals surface area contributed by atoms with Crippen molar-refractivity contribution >= 4 is 34.8 Å². The van der Waals surface area contributed by atoms with E-state index in [2.05, 4.69) is 11.8 Å². The molecule has 0 radical (unpaired) electrons.